The van der Waals surface area contributed by atoms with E-state index in [-0.39, 0.29) is 6.29 Å². The summed E-state index contributed by atoms with van der Waals surface area (Å²) in [4.78, 5) is 0. The molecule has 1 aliphatic heterocycles. The van der Waals surface area contributed by atoms with Crippen molar-refractivity contribution in [2.24, 2.45) is 0 Å². The minimum absolute atomic E-state index is 0.0378. The van der Waals surface area contributed by atoms with E-state index in [9.17, 15) is 0 Å². The number of hydrogen-bond acceptors (Lipinski definition) is 4. The van der Waals surface area contributed by atoms with Gasteiger partial charge in [-0.05, 0) is 19.3 Å². The zero-order valence-electron chi connectivity index (χ0n) is 8.14. The van der Waals surface area contributed by atoms with E-state index in [0.29, 0.717) is 6.61 Å². The lowest BCUT2D eigenvalue weighted by Crippen LogP contribution is -2.30. The first-order chi connectivity index (χ1) is 6.33. The number of ether oxygens (including phenoxy) is 2. The van der Waals surface area contributed by atoms with Crippen LogP contribution in [0.1, 0.15) is 19.3 Å². The molecule has 4 heteroatoms. The third kappa shape index (κ3) is 4.26. The fraction of sp³-hybridized carbons (Fsp3) is 0.778. The van der Waals surface area contributed by atoms with Crippen molar-refractivity contribution in [1.82, 2.24) is 10.9 Å². The maximum Gasteiger partial charge on any atom is 0.158 e. The Bertz CT molecular complexity index is 156. The highest BCUT2D eigenvalue weighted by Gasteiger charge is 2.13. The van der Waals surface area contributed by atoms with Crippen molar-refractivity contribution < 1.29 is 9.47 Å². The topological polar surface area (TPSA) is 42.5 Å². The Hall–Kier alpha value is -0.580. The van der Waals surface area contributed by atoms with Crippen LogP contribution in [-0.2, 0) is 9.47 Å². The molecule has 0 spiro atoms. The summed E-state index contributed by atoms with van der Waals surface area (Å²) < 4.78 is 10.9. The molecule has 1 saturated heterocycles. The van der Waals surface area contributed by atoms with Gasteiger partial charge in [-0.15, -0.1) is 0 Å². The minimum Gasteiger partial charge on any atom is -0.353 e. The van der Waals surface area contributed by atoms with Crippen LogP contribution in [0.15, 0.2) is 12.3 Å². The lowest BCUT2D eigenvalue weighted by molar-refractivity contribution is -0.157. The van der Waals surface area contributed by atoms with Crippen LogP contribution in [0.2, 0.25) is 0 Å². The fourth-order valence-electron chi connectivity index (χ4n) is 1.25. The van der Waals surface area contributed by atoms with Gasteiger partial charge >= 0.3 is 0 Å². The first-order valence-electron chi connectivity index (χ1n) is 4.66. The maximum absolute atomic E-state index is 5.47. The monoisotopic (exact) mass is 186 g/mol. The summed E-state index contributed by atoms with van der Waals surface area (Å²) in [6, 6.07) is 0. The normalized spacial score (nSPS) is 22.7. The number of rotatable bonds is 5. The molecule has 1 unspecified atom stereocenters. The van der Waals surface area contributed by atoms with E-state index >= 15 is 0 Å². The Morgan fingerprint density at radius 3 is 3.08 bits per heavy atom. The van der Waals surface area contributed by atoms with Gasteiger partial charge in [0.05, 0.1) is 6.61 Å². The van der Waals surface area contributed by atoms with Crippen molar-refractivity contribution in [3.8, 4) is 0 Å². The maximum atomic E-state index is 5.47. The summed E-state index contributed by atoms with van der Waals surface area (Å²) >= 11 is 0. The van der Waals surface area contributed by atoms with E-state index in [0.717, 1.165) is 25.1 Å². The minimum atomic E-state index is -0.0378. The van der Waals surface area contributed by atoms with E-state index in [1.165, 1.54) is 6.42 Å². The lowest BCUT2D eigenvalue weighted by atomic mass is 10.2. The molecule has 1 atom stereocenters. The molecule has 0 amide bonds. The smallest absolute Gasteiger partial charge is 0.158 e. The lowest BCUT2D eigenvalue weighted by Gasteiger charge is -2.23. The van der Waals surface area contributed by atoms with Gasteiger partial charge in [-0.2, -0.15) is 0 Å². The van der Waals surface area contributed by atoms with Crippen LogP contribution in [-0.4, -0.2) is 26.6 Å². The zero-order valence-corrected chi connectivity index (χ0v) is 8.14. The van der Waals surface area contributed by atoms with Gasteiger partial charge in [0.2, 0.25) is 0 Å². The number of hydrazine groups is 1. The van der Waals surface area contributed by atoms with Crippen LogP contribution >= 0.6 is 0 Å². The molecule has 4 nitrogen and oxygen atoms in total. The molecule has 0 radical (unpaired) electrons. The van der Waals surface area contributed by atoms with Gasteiger partial charge in [-0.3, -0.25) is 0 Å². The van der Waals surface area contributed by atoms with E-state index in [1.54, 1.807) is 7.05 Å². The van der Waals surface area contributed by atoms with Crippen LogP contribution in [0.4, 0.5) is 0 Å². The van der Waals surface area contributed by atoms with E-state index in [1.807, 2.05) is 0 Å². The van der Waals surface area contributed by atoms with Gasteiger partial charge in [0, 0.05) is 19.4 Å². The largest absolute Gasteiger partial charge is 0.353 e. The predicted octanol–water partition coefficient (Wildman–Crippen LogP) is 0.767. The Kier molecular flexibility index (Phi) is 4.82. The van der Waals surface area contributed by atoms with E-state index in [2.05, 4.69) is 17.4 Å². The van der Waals surface area contributed by atoms with Gasteiger partial charge in [0.15, 0.2) is 6.29 Å². The average Bonchev–Trinajstić information content (AvgIpc) is 2.17. The summed E-state index contributed by atoms with van der Waals surface area (Å²) in [5.41, 5.74) is 6.46. The highest BCUT2D eigenvalue weighted by Crippen LogP contribution is 2.13. The highest BCUT2D eigenvalue weighted by atomic mass is 16.7. The molecule has 0 aromatic heterocycles. The van der Waals surface area contributed by atoms with Crippen molar-refractivity contribution in [2.45, 2.75) is 25.6 Å². The molecule has 0 aromatic rings. The summed E-state index contributed by atoms with van der Waals surface area (Å²) in [5, 5.41) is 0. The second-order valence-electron chi connectivity index (χ2n) is 3.09. The van der Waals surface area contributed by atoms with E-state index < -0.39 is 0 Å². The molecule has 1 heterocycles. The van der Waals surface area contributed by atoms with Gasteiger partial charge in [0.1, 0.15) is 0 Å². The Labute approximate surface area is 79.3 Å². The van der Waals surface area contributed by atoms with Crippen molar-refractivity contribution in [1.29, 1.82) is 0 Å². The third-order valence-electron chi connectivity index (χ3n) is 1.88. The van der Waals surface area contributed by atoms with Crippen LogP contribution < -0.4 is 10.9 Å². The molecule has 1 aliphatic rings. The molecule has 0 bridgehead atoms. The molecule has 2 N–H and O–H groups in total. The van der Waals surface area contributed by atoms with Crippen LogP contribution in [0.5, 0.6) is 0 Å². The van der Waals surface area contributed by atoms with E-state index in [4.69, 9.17) is 9.47 Å². The zero-order chi connectivity index (χ0) is 9.52. The molecular weight excluding hydrogens is 168 g/mol. The van der Waals surface area contributed by atoms with Gasteiger partial charge < -0.3 is 14.9 Å². The number of nitrogens with one attached hydrogen (secondary N) is 2. The Morgan fingerprint density at radius 2 is 2.46 bits per heavy atom. The first-order valence-corrected chi connectivity index (χ1v) is 4.66. The van der Waals surface area contributed by atoms with Crippen molar-refractivity contribution in [3.05, 3.63) is 12.3 Å². The van der Waals surface area contributed by atoms with Crippen molar-refractivity contribution >= 4 is 0 Å². The first kappa shape index (κ1) is 10.5. The molecule has 1 rings (SSSR count). The third-order valence-corrected chi connectivity index (χ3v) is 1.88. The predicted molar refractivity (Wildman–Crippen MR) is 50.9 cm³/mol. The molecule has 13 heavy (non-hydrogen) atoms. The van der Waals surface area contributed by atoms with Crippen LogP contribution in [0, 0.1) is 0 Å². The highest BCUT2D eigenvalue weighted by molar-refractivity contribution is 4.88. The second-order valence-corrected chi connectivity index (χ2v) is 3.09. The number of hydrogen-bond donors (Lipinski definition) is 2. The Balaban J connectivity index is 2.06. The summed E-state index contributed by atoms with van der Waals surface area (Å²) in [7, 11) is 1.79. The van der Waals surface area contributed by atoms with Gasteiger partial charge in [0.25, 0.3) is 0 Å². The van der Waals surface area contributed by atoms with Crippen LogP contribution in [0.25, 0.3) is 0 Å². The Morgan fingerprint density at radius 1 is 1.62 bits per heavy atom. The summed E-state index contributed by atoms with van der Waals surface area (Å²) in [5.74, 6) is 0. The molecule has 0 aliphatic carbocycles. The van der Waals surface area contributed by atoms with Crippen molar-refractivity contribution in [2.75, 3.05) is 20.3 Å². The summed E-state index contributed by atoms with van der Waals surface area (Å²) in [6.07, 6.45) is 3.29. The molecule has 0 aromatic carbocycles. The molecule has 76 valence electrons. The molecule has 1 fully saturated rings. The standard InChI is InChI=1S/C9H18N2O2/c1-8(11-10-2)7-13-9-5-3-4-6-12-9/h9-11H,1,3-7H2,2H3. The van der Waals surface area contributed by atoms with Gasteiger partial charge in [-0.25, -0.2) is 5.43 Å². The van der Waals surface area contributed by atoms with Gasteiger partial charge in [-0.1, -0.05) is 6.58 Å². The van der Waals surface area contributed by atoms with Crippen LogP contribution in [0.3, 0.4) is 0 Å². The average molecular weight is 186 g/mol. The van der Waals surface area contributed by atoms with Crippen molar-refractivity contribution in [3.63, 3.8) is 0 Å². The summed E-state index contributed by atoms with van der Waals surface area (Å²) in [6.45, 7) is 5.08. The molecule has 0 saturated carbocycles. The SMILES string of the molecule is C=C(COC1CCCCO1)NNC. The fourth-order valence-corrected chi connectivity index (χ4v) is 1.25. The molecular formula is C9H18N2O2. The second kappa shape index (κ2) is 5.96. The quantitative estimate of drug-likeness (QED) is 0.622.